The largest absolute Gasteiger partial charge is 0.373 e. The molecule has 1 unspecified atom stereocenters. The number of hydrogen-bond acceptors (Lipinski definition) is 3. The van der Waals surface area contributed by atoms with Crippen LogP contribution in [-0.2, 0) is 4.74 Å². The molecule has 0 fully saturated rings. The molecule has 0 amide bonds. The van der Waals surface area contributed by atoms with Gasteiger partial charge in [0.25, 0.3) is 0 Å². The first kappa shape index (κ1) is 14.0. The molecule has 96 valence electrons. The second kappa shape index (κ2) is 7.30. The van der Waals surface area contributed by atoms with Crippen LogP contribution in [0.4, 0.5) is 5.69 Å². The third kappa shape index (κ3) is 4.36. The van der Waals surface area contributed by atoms with Crippen molar-refractivity contribution in [3.63, 3.8) is 0 Å². The third-order valence-corrected chi connectivity index (χ3v) is 2.78. The summed E-state index contributed by atoms with van der Waals surface area (Å²) >= 11 is 0. The number of nitrogen functional groups attached to an aromatic ring is 1. The number of benzene rings is 1. The second-order valence-corrected chi connectivity index (χ2v) is 4.66. The first-order chi connectivity index (χ1) is 8.19. The van der Waals surface area contributed by atoms with E-state index in [4.69, 9.17) is 10.6 Å². The van der Waals surface area contributed by atoms with Crippen LogP contribution < -0.4 is 11.3 Å². The number of hydrogen-bond donors (Lipinski definition) is 2. The van der Waals surface area contributed by atoms with Gasteiger partial charge < -0.3 is 10.2 Å². The summed E-state index contributed by atoms with van der Waals surface area (Å²) in [6.07, 6.45) is 2.42. The maximum atomic E-state index is 5.96. The quantitative estimate of drug-likeness (QED) is 0.433. The Kier molecular flexibility index (Phi) is 6.01. The number of hydrazine groups is 1. The summed E-state index contributed by atoms with van der Waals surface area (Å²) in [7, 11) is 0. The Bertz CT molecular complexity index is 326. The van der Waals surface area contributed by atoms with Gasteiger partial charge in [-0.2, -0.15) is 0 Å². The maximum absolute atomic E-state index is 5.96. The summed E-state index contributed by atoms with van der Waals surface area (Å²) in [6.45, 7) is 7.35. The van der Waals surface area contributed by atoms with E-state index in [-0.39, 0.29) is 6.10 Å². The minimum atomic E-state index is 0.148. The van der Waals surface area contributed by atoms with Crippen LogP contribution in [0.2, 0.25) is 0 Å². The number of rotatable bonds is 7. The molecule has 0 bridgehead atoms. The fourth-order valence-corrected chi connectivity index (χ4v) is 1.83. The fraction of sp³-hybridized carbons (Fsp3) is 0.571. The zero-order valence-electron chi connectivity index (χ0n) is 11.1. The molecule has 0 saturated heterocycles. The van der Waals surface area contributed by atoms with Gasteiger partial charge in [0.2, 0.25) is 0 Å². The van der Waals surface area contributed by atoms with E-state index < -0.39 is 0 Å². The molecular formula is C14H24N2O. The van der Waals surface area contributed by atoms with Crippen molar-refractivity contribution in [3.8, 4) is 0 Å². The topological polar surface area (TPSA) is 47.3 Å². The molecule has 3 nitrogen and oxygen atoms in total. The van der Waals surface area contributed by atoms with Crippen molar-refractivity contribution in [1.82, 2.24) is 0 Å². The monoisotopic (exact) mass is 236 g/mol. The lowest BCUT2D eigenvalue weighted by Crippen LogP contribution is -2.13. The molecule has 0 saturated carbocycles. The van der Waals surface area contributed by atoms with Gasteiger partial charge in [0.15, 0.2) is 0 Å². The molecule has 1 atom stereocenters. The first-order valence-electron chi connectivity index (χ1n) is 6.37. The molecule has 0 aromatic heterocycles. The second-order valence-electron chi connectivity index (χ2n) is 4.66. The lowest BCUT2D eigenvalue weighted by Gasteiger charge is -2.22. The van der Waals surface area contributed by atoms with E-state index in [0.29, 0.717) is 5.92 Å². The lowest BCUT2D eigenvalue weighted by molar-refractivity contribution is 0.0195. The molecule has 3 N–H and O–H groups in total. The van der Waals surface area contributed by atoms with Crippen molar-refractivity contribution in [2.24, 2.45) is 11.8 Å². The standard InChI is InChI=1S/C14H24N2O/c1-4-5-9-17-14(11(2)3)12-7-6-8-13(10-12)16-15/h6-8,10-11,14,16H,4-5,9,15H2,1-3H3. The summed E-state index contributed by atoms with van der Waals surface area (Å²) in [5, 5.41) is 0. The van der Waals surface area contributed by atoms with Gasteiger partial charge in [-0.25, -0.2) is 0 Å². The van der Waals surface area contributed by atoms with Crippen LogP contribution in [-0.4, -0.2) is 6.61 Å². The van der Waals surface area contributed by atoms with Crippen molar-refractivity contribution in [2.45, 2.75) is 39.7 Å². The highest BCUT2D eigenvalue weighted by molar-refractivity contribution is 5.45. The van der Waals surface area contributed by atoms with Crippen molar-refractivity contribution < 1.29 is 4.74 Å². The molecule has 1 rings (SSSR count). The smallest absolute Gasteiger partial charge is 0.0848 e. The Morgan fingerprint density at radius 1 is 1.35 bits per heavy atom. The molecule has 0 aliphatic rings. The van der Waals surface area contributed by atoms with E-state index in [1.807, 2.05) is 12.1 Å². The van der Waals surface area contributed by atoms with Gasteiger partial charge in [0.05, 0.1) is 6.10 Å². The molecule has 17 heavy (non-hydrogen) atoms. The molecule has 3 heteroatoms. The SMILES string of the molecule is CCCCOC(c1cccc(NN)c1)C(C)C. The zero-order valence-corrected chi connectivity index (χ0v) is 11.1. The van der Waals surface area contributed by atoms with E-state index in [1.165, 1.54) is 5.56 Å². The minimum absolute atomic E-state index is 0.148. The minimum Gasteiger partial charge on any atom is -0.373 e. The lowest BCUT2D eigenvalue weighted by atomic mass is 9.98. The molecule has 0 spiro atoms. The van der Waals surface area contributed by atoms with E-state index >= 15 is 0 Å². The van der Waals surface area contributed by atoms with Crippen LogP contribution in [0.5, 0.6) is 0 Å². The number of nitrogens with two attached hydrogens (primary N) is 1. The third-order valence-electron chi connectivity index (χ3n) is 2.78. The first-order valence-corrected chi connectivity index (χ1v) is 6.37. The Hall–Kier alpha value is -1.06. The van der Waals surface area contributed by atoms with Crippen LogP contribution in [0.3, 0.4) is 0 Å². The summed E-state index contributed by atoms with van der Waals surface area (Å²) in [4.78, 5) is 0. The van der Waals surface area contributed by atoms with Gasteiger partial charge in [0.1, 0.15) is 0 Å². The average Bonchev–Trinajstić information content (AvgIpc) is 2.34. The number of ether oxygens (including phenoxy) is 1. The normalized spacial score (nSPS) is 12.8. The molecule has 0 radical (unpaired) electrons. The summed E-state index contributed by atoms with van der Waals surface area (Å²) in [5.41, 5.74) is 4.78. The van der Waals surface area contributed by atoms with Crippen molar-refractivity contribution in [3.05, 3.63) is 29.8 Å². The fourth-order valence-electron chi connectivity index (χ4n) is 1.83. The Morgan fingerprint density at radius 2 is 2.12 bits per heavy atom. The molecule has 0 heterocycles. The zero-order chi connectivity index (χ0) is 12.7. The van der Waals surface area contributed by atoms with E-state index in [1.54, 1.807) is 0 Å². The van der Waals surface area contributed by atoms with Crippen molar-refractivity contribution in [1.29, 1.82) is 0 Å². The van der Waals surface area contributed by atoms with E-state index in [2.05, 4.69) is 38.3 Å². The van der Waals surface area contributed by atoms with Gasteiger partial charge in [-0.3, -0.25) is 5.84 Å². The average molecular weight is 236 g/mol. The Balaban J connectivity index is 2.74. The Labute approximate surface area is 104 Å². The molecular weight excluding hydrogens is 212 g/mol. The molecule has 1 aromatic rings. The molecule has 1 aromatic carbocycles. The van der Waals surface area contributed by atoms with Crippen LogP contribution in [0.1, 0.15) is 45.3 Å². The summed E-state index contributed by atoms with van der Waals surface area (Å²) in [5.74, 6) is 5.88. The number of anilines is 1. The van der Waals surface area contributed by atoms with Gasteiger partial charge in [-0.05, 0) is 30.0 Å². The van der Waals surface area contributed by atoms with Gasteiger partial charge >= 0.3 is 0 Å². The maximum Gasteiger partial charge on any atom is 0.0848 e. The van der Waals surface area contributed by atoms with Gasteiger partial charge in [-0.1, -0.05) is 39.3 Å². The Morgan fingerprint density at radius 3 is 2.71 bits per heavy atom. The highest BCUT2D eigenvalue weighted by atomic mass is 16.5. The van der Waals surface area contributed by atoms with Crippen LogP contribution in [0.15, 0.2) is 24.3 Å². The molecule has 0 aliphatic carbocycles. The van der Waals surface area contributed by atoms with Crippen LogP contribution in [0, 0.1) is 5.92 Å². The molecule has 0 aliphatic heterocycles. The van der Waals surface area contributed by atoms with Crippen LogP contribution in [0.25, 0.3) is 0 Å². The van der Waals surface area contributed by atoms with E-state index in [9.17, 15) is 0 Å². The highest BCUT2D eigenvalue weighted by Crippen LogP contribution is 2.27. The van der Waals surface area contributed by atoms with Crippen LogP contribution >= 0.6 is 0 Å². The highest BCUT2D eigenvalue weighted by Gasteiger charge is 2.16. The predicted octanol–water partition coefficient (Wildman–Crippen LogP) is 3.49. The summed E-state index contributed by atoms with van der Waals surface area (Å²) in [6, 6.07) is 8.10. The van der Waals surface area contributed by atoms with Crippen molar-refractivity contribution in [2.75, 3.05) is 12.0 Å². The van der Waals surface area contributed by atoms with E-state index in [0.717, 1.165) is 25.1 Å². The predicted molar refractivity (Wildman–Crippen MR) is 72.7 cm³/mol. The van der Waals surface area contributed by atoms with Gasteiger partial charge in [-0.15, -0.1) is 0 Å². The van der Waals surface area contributed by atoms with Gasteiger partial charge in [0, 0.05) is 12.3 Å². The summed E-state index contributed by atoms with van der Waals surface area (Å²) < 4.78 is 5.96. The van der Waals surface area contributed by atoms with Crippen molar-refractivity contribution >= 4 is 5.69 Å². The number of nitrogens with one attached hydrogen (secondary N) is 1. The number of unbranched alkanes of at least 4 members (excludes halogenated alkanes) is 1.